The van der Waals surface area contributed by atoms with Crippen LogP contribution in [0.25, 0.3) is 0 Å². The molecule has 3 rings (SSSR count). The largest absolute Gasteiger partial charge is 0.368 e. The first-order chi connectivity index (χ1) is 10.3. The number of benzene rings is 2. The van der Waals surface area contributed by atoms with Crippen LogP contribution in [-0.2, 0) is 6.54 Å². The van der Waals surface area contributed by atoms with E-state index in [-0.39, 0.29) is 0 Å². The predicted octanol–water partition coefficient (Wildman–Crippen LogP) is 3.13. The molecule has 0 bridgehead atoms. The standard InChI is InChI=1S/C17H20ClN3/c18-15-6-7-17(14(12-15)13-19)21-10-8-20(9-11-21)16-4-2-1-3-5-16/h1-7,12H,8-11,13,19H2. The molecule has 0 unspecified atom stereocenters. The first-order valence-electron chi connectivity index (χ1n) is 7.31. The summed E-state index contributed by atoms with van der Waals surface area (Å²) in [5, 5.41) is 0.752. The molecule has 2 N–H and O–H groups in total. The summed E-state index contributed by atoms with van der Waals surface area (Å²) in [5.41, 5.74) is 9.49. The highest BCUT2D eigenvalue weighted by atomic mass is 35.5. The van der Waals surface area contributed by atoms with Gasteiger partial charge in [-0.1, -0.05) is 29.8 Å². The summed E-state index contributed by atoms with van der Waals surface area (Å²) in [6.07, 6.45) is 0. The number of hydrogen-bond donors (Lipinski definition) is 1. The quantitative estimate of drug-likeness (QED) is 0.945. The SMILES string of the molecule is NCc1cc(Cl)ccc1N1CCN(c2ccccc2)CC1. The minimum atomic E-state index is 0.523. The summed E-state index contributed by atoms with van der Waals surface area (Å²) in [7, 11) is 0. The Balaban J connectivity index is 1.71. The van der Waals surface area contributed by atoms with Crippen molar-refractivity contribution in [3.63, 3.8) is 0 Å². The molecule has 1 saturated heterocycles. The molecule has 0 saturated carbocycles. The molecule has 0 amide bonds. The fraction of sp³-hybridized carbons (Fsp3) is 0.294. The van der Waals surface area contributed by atoms with Gasteiger partial charge in [-0.3, -0.25) is 0 Å². The maximum atomic E-state index is 6.06. The predicted molar refractivity (Wildman–Crippen MR) is 90.2 cm³/mol. The number of nitrogens with two attached hydrogens (primary N) is 1. The lowest BCUT2D eigenvalue weighted by Gasteiger charge is -2.38. The minimum absolute atomic E-state index is 0.523. The van der Waals surface area contributed by atoms with Gasteiger partial charge in [0.25, 0.3) is 0 Å². The van der Waals surface area contributed by atoms with Crippen LogP contribution in [0.1, 0.15) is 5.56 Å². The van der Waals surface area contributed by atoms with Crippen LogP contribution >= 0.6 is 11.6 Å². The molecular weight excluding hydrogens is 282 g/mol. The van der Waals surface area contributed by atoms with Gasteiger partial charge in [-0.05, 0) is 35.9 Å². The zero-order valence-electron chi connectivity index (χ0n) is 12.0. The third-order valence-electron chi connectivity index (χ3n) is 4.00. The zero-order chi connectivity index (χ0) is 14.7. The van der Waals surface area contributed by atoms with Crippen molar-refractivity contribution in [2.45, 2.75) is 6.54 Å². The fourth-order valence-electron chi connectivity index (χ4n) is 2.87. The van der Waals surface area contributed by atoms with Gasteiger partial charge in [0.1, 0.15) is 0 Å². The molecule has 1 heterocycles. The van der Waals surface area contributed by atoms with Crippen LogP contribution in [0.4, 0.5) is 11.4 Å². The van der Waals surface area contributed by atoms with Crippen LogP contribution in [0.15, 0.2) is 48.5 Å². The summed E-state index contributed by atoms with van der Waals surface area (Å²) in [6.45, 7) is 4.58. The molecule has 1 aliphatic heterocycles. The molecule has 21 heavy (non-hydrogen) atoms. The van der Waals surface area contributed by atoms with Gasteiger partial charge < -0.3 is 15.5 Å². The summed E-state index contributed by atoms with van der Waals surface area (Å²) in [5.74, 6) is 0. The number of anilines is 2. The van der Waals surface area contributed by atoms with Crippen molar-refractivity contribution in [2.75, 3.05) is 36.0 Å². The molecule has 0 radical (unpaired) electrons. The summed E-state index contributed by atoms with van der Waals surface area (Å²) < 4.78 is 0. The lowest BCUT2D eigenvalue weighted by Crippen LogP contribution is -2.46. The third-order valence-corrected chi connectivity index (χ3v) is 4.24. The second kappa shape index (κ2) is 6.37. The molecule has 0 atom stereocenters. The Bertz CT molecular complexity index is 592. The van der Waals surface area contributed by atoms with Crippen LogP contribution in [0.5, 0.6) is 0 Å². The molecule has 1 aliphatic rings. The van der Waals surface area contributed by atoms with Crippen molar-refractivity contribution < 1.29 is 0 Å². The number of nitrogens with zero attached hydrogens (tertiary/aromatic N) is 2. The highest BCUT2D eigenvalue weighted by molar-refractivity contribution is 6.30. The van der Waals surface area contributed by atoms with Crippen molar-refractivity contribution in [1.82, 2.24) is 0 Å². The van der Waals surface area contributed by atoms with Crippen LogP contribution in [0.3, 0.4) is 0 Å². The maximum Gasteiger partial charge on any atom is 0.0414 e. The Morgan fingerprint density at radius 1 is 0.905 bits per heavy atom. The minimum Gasteiger partial charge on any atom is -0.368 e. The van der Waals surface area contributed by atoms with Crippen molar-refractivity contribution in [3.05, 3.63) is 59.1 Å². The average Bonchev–Trinajstić information content (AvgIpc) is 2.56. The number of piperazine rings is 1. The molecule has 0 spiro atoms. The molecule has 110 valence electrons. The molecule has 2 aromatic rings. The van der Waals surface area contributed by atoms with E-state index < -0.39 is 0 Å². The molecule has 0 aromatic heterocycles. The molecular formula is C17H20ClN3. The van der Waals surface area contributed by atoms with Crippen LogP contribution in [-0.4, -0.2) is 26.2 Å². The topological polar surface area (TPSA) is 32.5 Å². The summed E-state index contributed by atoms with van der Waals surface area (Å²) in [6, 6.07) is 16.6. The van der Waals surface area contributed by atoms with E-state index >= 15 is 0 Å². The van der Waals surface area contributed by atoms with Gasteiger partial charge >= 0.3 is 0 Å². The Morgan fingerprint density at radius 3 is 2.24 bits per heavy atom. The van der Waals surface area contributed by atoms with E-state index in [4.69, 9.17) is 17.3 Å². The molecule has 1 fully saturated rings. The van der Waals surface area contributed by atoms with E-state index in [1.54, 1.807) is 0 Å². The summed E-state index contributed by atoms with van der Waals surface area (Å²) >= 11 is 6.06. The second-order valence-electron chi connectivity index (χ2n) is 5.29. The number of para-hydroxylation sites is 1. The highest BCUT2D eigenvalue weighted by Crippen LogP contribution is 2.26. The third kappa shape index (κ3) is 3.14. The van der Waals surface area contributed by atoms with Gasteiger partial charge in [0.05, 0.1) is 0 Å². The Kier molecular flexibility index (Phi) is 4.32. The average molecular weight is 302 g/mol. The zero-order valence-corrected chi connectivity index (χ0v) is 12.8. The van der Waals surface area contributed by atoms with Crippen molar-refractivity contribution in [2.24, 2.45) is 5.73 Å². The van der Waals surface area contributed by atoms with Crippen molar-refractivity contribution >= 4 is 23.0 Å². The normalized spacial score (nSPS) is 15.3. The van der Waals surface area contributed by atoms with Gasteiger partial charge in [0.2, 0.25) is 0 Å². The molecule has 4 heteroatoms. The van der Waals surface area contributed by atoms with Crippen molar-refractivity contribution in [1.29, 1.82) is 0 Å². The Labute approximate surface area is 130 Å². The van der Waals surface area contributed by atoms with E-state index in [1.807, 2.05) is 12.1 Å². The van der Waals surface area contributed by atoms with E-state index in [2.05, 4.69) is 46.2 Å². The lowest BCUT2D eigenvalue weighted by atomic mass is 10.1. The lowest BCUT2D eigenvalue weighted by molar-refractivity contribution is 0.651. The van der Waals surface area contributed by atoms with Crippen molar-refractivity contribution in [3.8, 4) is 0 Å². The number of halogens is 1. The van der Waals surface area contributed by atoms with Gasteiger partial charge in [-0.25, -0.2) is 0 Å². The Hall–Kier alpha value is -1.71. The Morgan fingerprint density at radius 2 is 1.57 bits per heavy atom. The van der Waals surface area contributed by atoms with Crippen LogP contribution < -0.4 is 15.5 Å². The second-order valence-corrected chi connectivity index (χ2v) is 5.72. The van der Waals surface area contributed by atoms with Crippen LogP contribution in [0.2, 0.25) is 5.02 Å². The first-order valence-corrected chi connectivity index (χ1v) is 7.69. The van der Waals surface area contributed by atoms with E-state index in [0.29, 0.717) is 6.54 Å². The number of rotatable bonds is 3. The van der Waals surface area contributed by atoms with E-state index in [1.165, 1.54) is 11.4 Å². The van der Waals surface area contributed by atoms with Gasteiger partial charge in [0, 0.05) is 49.1 Å². The van der Waals surface area contributed by atoms with Gasteiger partial charge in [-0.2, -0.15) is 0 Å². The maximum absolute atomic E-state index is 6.06. The first kappa shape index (κ1) is 14.2. The molecule has 0 aliphatic carbocycles. The smallest absolute Gasteiger partial charge is 0.0414 e. The molecule has 3 nitrogen and oxygen atoms in total. The fourth-order valence-corrected chi connectivity index (χ4v) is 3.07. The van der Waals surface area contributed by atoms with Gasteiger partial charge in [0.15, 0.2) is 0 Å². The van der Waals surface area contributed by atoms with E-state index in [9.17, 15) is 0 Å². The monoisotopic (exact) mass is 301 g/mol. The number of hydrogen-bond acceptors (Lipinski definition) is 3. The van der Waals surface area contributed by atoms with E-state index in [0.717, 1.165) is 36.8 Å². The summed E-state index contributed by atoms with van der Waals surface area (Å²) in [4.78, 5) is 4.83. The molecule has 2 aromatic carbocycles. The van der Waals surface area contributed by atoms with Gasteiger partial charge in [-0.15, -0.1) is 0 Å². The van der Waals surface area contributed by atoms with Crippen LogP contribution in [0, 0.1) is 0 Å². The highest BCUT2D eigenvalue weighted by Gasteiger charge is 2.19.